The highest BCUT2D eigenvalue weighted by atomic mass is 19.1. The van der Waals surface area contributed by atoms with E-state index in [9.17, 15) is 9.18 Å². The van der Waals surface area contributed by atoms with E-state index in [1.54, 1.807) is 32.4 Å². The molecular weight excluding hydrogens is 285 g/mol. The molecule has 0 saturated heterocycles. The maximum atomic E-state index is 13.1. The van der Waals surface area contributed by atoms with Crippen molar-refractivity contribution in [1.82, 2.24) is 5.32 Å². The molecule has 4 nitrogen and oxygen atoms in total. The molecule has 0 bridgehead atoms. The first-order valence-corrected chi connectivity index (χ1v) is 6.84. The maximum Gasteiger partial charge on any atom is 0.224 e. The zero-order chi connectivity index (χ0) is 15.9. The van der Waals surface area contributed by atoms with Crippen LogP contribution in [0.2, 0.25) is 0 Å². The van der Waals surface area contributed by atoms with Crippen LogP contribution in [0, 0.1) is 5.82 Å². The zero-order valence-corrected chi connectivity index (χ0v) is 12.6. The van der Waals surface area contributed by atoms with Gasteiger partial charge in [0.05, 0.1) is 20.6 Å². The summed E-state index contributed by atoms with van der Waals surface area (Å²) in [5.74, 6) is 0.803. The Morgan fingerprint density at radius 3 is 2.32 bits per heavy atom. The lowest BCUT2D eigenvalue weighted by Crippen LogP contribution is -2.24. The summed E-state index contributed by atoms with van der Waals surface area (Å²) in [7, 11) is 3.14. The van der Waals surface area contributed by atoms with E-state index in [1.807, 2.05) is 12.1 Å². The Labute approximate surface area is 128 Å². The van der Waals surface area contributed by atoms with Crippen LogP contribution in [0.25, 0.3) is 0 Å². The van der Waals surface area contributed by atoms with Gasteiger partial charge in [0.1, 0.15) is 17.3 Å². The smallest absolute Gasteiger partial charge is 0.224 e. The second-order valence-corrected chi connectivity index (χ2v) is 4.80. The molecule has 1 N–H and O–H groups in total. The number of rotatable bonds is 6. The summed E-state index contributed by atoms with van der Waals surface area (Å²) in [6.07, 6.45) is 0.138. The normalized spacial score (nSPS) is 10.1. The molecule has 0 radical (unpaired) electrons. The number of ether oxygens (including phenoxy) is 2. The maximum absolute atomic E-state index is 13.1. The van der Waals surface area contributed by atoms with Gasteiger partial charge in [-0.05, 0) is 35.4 Å². The molecule has 2 aromatic rings. The SMILES string of the molecule is COc1cc(CNC(=O)Cc2cccc(F)c2)cc(OC)c1. The molecule has 116 valence electrons. The quantitative estimate of drug-likeness (QED) is 0.892. The van der Waals surface area contributed by atoms with Gasteiger partial charge in [-0.1, -0.05) is 12.1 Å². The standard InChI is InChI=1S/C17H18FNO3/c1-21-15-7-13(8-16(10-15)22-2)11-19-17(20)9-12-4-3-5-14(18)6-12/h3-8,10H,9,11H2,1-2H3,(H,19,20). The van der Waals surface area contributed by atoms with Gasteiger partial charge >= 0.3 is 0 Å². The van der Waals surface area contributed by atoms with Crippen molar-refractivity contribution < 1.29 is 18.7 Å². The molecular formula is C17H18FNO3. The highest BCUT2D eigenvalue weighted by Crippen LogP contribution is 2.22. The molecule has 1 amide bonds. The summed E-state index contributed by atoms with van der Waals surface area (Å²) >= 11 is 0. The second kappa shape index (κ2) is 7.45. The number of amides is 1. The van der Waals surface area contributed by atoms with Crippen molar-refractivity contribution in [3.05, 3.63) is 59.4 Å². The van der Waals surface area contributed by atoms with Crippen molar-refractivity contribution in [3.8, 4) is 11.5 Å². The van der Waals surface area contributed by atoms with Crippen LogP contribution in [0.3, 0.4) is 0 Å². The molecule has 22 heavy (non-hydrogen) atoms. The largest absolute Gasteiger partial charge is 0.497 e. The lowest BCUT2D eigenvalue weighted by atomic mass is 10.1. The van der Waals surface area contributed by atoms with Crippen molar-refractivity contribution in [1.29, 1.82) is 0 Å². The van der Waals surface area contributed by atoms with Crippen LogP contribution in [-0.2, 0) is 17.8 Å². The van der Waals surface area contributed by atoms with Crippen LogP contribution in [0.4, 0.5) is 4.39 Å². The van der Waals surface area contributed by atoms with Crippen LogP contribution in [0.1, 0.15) is 11.1 Å². The number of hydrogen-bond donors (Lipinski definition) is 1. The fraction of sp³-hybridized carbons (Fsp3) is 0.235. The molecule has 0 aromatic heterocycles. The van der Waals surface area contributed by atoms with Gasteiger partial charge in [0.25, 0.3) is 0 Å². The van der Waals surface area contributed by atoms with E-state index in [4.69, 9.17) is 9.47 Å². The molecule has 0 aliphatic rings. The number of benzene rings is 2. The van der Waals surface area contributed by atoms with Gasteiger partial charge in [0, 0.05) is 12.6 Å². The third kappa shape index (κ3) is 4.48. The van der Waals surface area contributed by atoms with Gasteiger partial charge in [-0.2, -0.15) is 0 Å². The van der Waals surface area contributed by atoms with E-state index < -0.39 is 0 Å². The Morgan fingerprint density at radius 1 is 1.05 bits per heavy atom. The fourth-order valence-corrected chi connectivity index (χ4v) is 2.06. The van der Waals surface area contributed by atoms with Crippen LogP contribution in [0.15, 0.2) is 42.5 Å². The Kier molecular flexibility index (Phi) is 5.36. The number of carbonyl (C=O) groups excluding carboxylic acids is 1. The molecule has 0 aliphatic heterocycles. The van der Waals surface area contributed by atoms with Gasteiger partial charge in [0.15, 0.2) is 0 Å². The third-order valence-corrected chi connectivity index (χ3v) is 3.15. The predicted octanol–water partition coefficient (Wildman–Crippen LogP) is 2.70. The number of hydrogen-bond acceptors (Lipinski definition) is 3. The van der Waals surface area contributed by atoms with Crippen molar-refractivity contribution in [2.45, 2.75) is 13.0 Å². The Balaban J connectivity index is 1.96. The lowest BCUT2D eigenvalue weighted by molar-refractivity contribution is -0.120. The molecule has 2 rings (SSSR count). The molecule has 0 aliphatic carbocycles. The molecule has 0 heterocycles. The number of nitrogens with one attached hydrogen (secondary N) is 1. The lowest BCUT2D eigenvalue weighted by Gasteiger charge is -2.10. The highest BCUT2D eigenvalue weighted by Gasteiger charge is 2.06. The molecule has 0 saturated carbocycles. The van der Waals surface area contributed by atoms with Crippen LogP contribution in [0.5, 0.6) is 11.5 Å². The Hall–Kier alpha value is -2.56. The van der Waals surface area contributed by atoms with Crippen LogP contribution in [-0.4, -0.2) is 20.1 Å². The molecule has 0 atom stereocenters. The topological polar surface area (TPSA) is 47.6 Å². The monoisotopic (exact) mass is 303 g/mol. The van der Waals surface area contributed by atoms with Gasteiger partial charge in [-0.25, -0.2) is 4.39 Å². The first kappa shape index (κ1) is 15.8. The minimum Gasteiger partial charge on any atom is -0.497 e. The second-order valence-electron chi connectivity index (χ2n) is 4.80. The molecule has 0 unspecified atom stereocenters. The summed E-state index contributed by atoms with van der Waals surface area (Å²) in [5.41, 5.74) is 1.50. The number of halogens is 1. The average Bonchev–Trinajstić information content (AvgIpc) is 2.52. The van der Waals surface area contributed by atoms with E-state index in [1.165, 1.54) is 12.1 Å². The molecule has 5 heteroatoms. The summed E-state index contributed by atoms with van der Waals surface area (Å²) < 4.78 is 23.4. The summed E-state index contributed by atoms with van der Waals surface area (Å²) in [6.45, 7) is 0.349. The van der Waals surface area contributed by atoms with Crippen molar-refractivity contribution >= 4 is 5.91 Å². The van der Waals surface area contributed by atoms with Gasteiger partial charge < -0.3 is 14.8 Å². The van der Waals surface area contributed by atoms with Crippen LogP contribution < -0.4 is 14.8 Å². The predicted molar refractivity (Wildman–Crippen MR) is 81.5 cm³/mol. The van der Waals surface area contributed by atoms with E-state index in [0.717, 1.165) is 5.56 Å². The molecule has 0 spiro atoms. The van der Waals surface area contributed by atoms with Gasteiger partial charge in [-0.3, -0.25) is 4.79 Å². The van der Waals surface area contributed by atoms with E-state index in [2.05, 4.69) is 5.32 Å². The van der Waals surface area contributed by atoms with Crippen LogP contribution >= 0.6 is 0 Å². The fourth-order valence-electron chi connectivity index (χ4n) is 2.06. The summed E-state index contributed by atoms with van der Waals surface area (Å²) in [4.78, 5) is 11.9. The first-order valence-electron chi connectivity index (χ1n) is 6.84. The Bertz CT molecular complexity index is 636. The van der Waals surface area contributed by atoms with E-state index >= 15 is 0 Å². The van der Waals surface area contributed by atoms with Gasteiger partial charge in [0.2, 0.25) is 5.91 Å². The minimum atomic E-state index is -0.345. The van der Waals surface area contributed by atoms with E-state index in [-0.39, 0.29) is 18.1 Å². The minimum absolute atomic E-state index is 0.138. The Morgan fingerprint density at radius 2 is 1.73 bits per heavy atom. The van der Waals surface area contributed by atoms with Crippen molar-refractivity contribution in [3.63, 3.8) is 0 Å². The first-order chi connectivity index (χ1) is 10.6. The number of methoxy groups -OCH3 is 2. The van der Waals surface area contributed by atoms with Crippen molar-refractivity contribution in [2.24, 2.45) is 0 Å². The molecule has 0 fully saturated rings. The zero-order valence-electron chi connectivity index (χ0n) is 12.6. The van der Waals surface area contributed by atoms with E-state index in [0.29, 0.717) is 23.6 Å². The number of carbonyl (C=O) groups is 1. The van der Waals surface area contributed by atoms with Gasteiger partial charge in [-0.15, -0.1) is 0 Å². The van der Waals surface area contributed by atoms with Crippen molar-refractivity contribution in [2.75, 3.05) is 14.2 Å². The summed E-state index contributed by atoms with van der Waals surface area (Å²) in [5, 5.41) is 2.80. The summed E-state index contributed by atoms with van der Waals surface area (Å²) in [6, 6.07) is 11.4. The average molecular weight is 303 g/mol. The highest BCUT2D eigenvalue weighted by molar-refractivity contribution is 5.78. The third-order valence-electron chi connectivity index (χ3n) is 3.15. The molecule has 2 aromatic carbocycles.